The SMILES string of the molecule is CCC(CCc1ccc(OC)cc1)NN. The minimum absolute atomic E-state index is 0.409. The number of rotatable bonds is 6. The average Bonchev–Trinajstić information content (AvgIpc) is 2.31. The zero-order chi connectivity index (χ0) is 11.1. The summed E-state index contributed by atoms with van der Waals surface area (Å²) in [5, 5.41) is 0. The highest BCUT2D eigenvalue weighted by Gasteiger charge is 2.03. The molecule has 0 radical (unpaired) electrons. The first-order chi connectivity index (χ1) is 7.30. The standard InChI is InChI=1S/C12H20N2O/c1-3-11(14-13)7-4-10-5-8-12(15-2)9-6-10/h5-6,8-9,11,14H,3-4,7,13H2,1-2H3. The third-order valence-corrected chi connectivity index (χ3v) is 2.67. The van der Waals surface area contributed by atoms with E-state index in [1.165, 1.54) is 5.56 Å². The van der Waals surface area contributed by atoms with Gasteiger partial charge in [0, 0.05) is 6.04 Å². The van der Waals surface area contributed by atoms with Gasteiger partial charge in [0.15, 0.2) is 0 Å². The molecule has 0 aliphatic carbocycles. The van der Waals surface area contributed by atoms with Crippen LogP contribution in [0.5, 0.6) is 5.75 Å². The second-order valence-electron chi connectivity index (χ2n) is 3.66. The summed E-state index contributed by atoms with van der Waals surface area (Å²) >= 11 is 0. The van der Waals surface area contributed by atoms with Crippen molar-refractivity contribution in [2.75, 3.05) is 7.11 Å². The molecule has 3 nitrogen and oxygen atoms in total. The molecule has 0 aliphatic rings. The Bertz CT molecular complexity index is 267. The van der Waals surface area contributed by atoms with Crippen LogP contribution in [0.3, 0.4) is 0 Å². The van der Waals surface area contributed by atoms with Crippen molar-refractivity contribution in [2.45, 2.75) is 32.2 Å². The second kappa shape index (κ2) is 6.43. The molecular weight excluding hydrogens is 188 g/mol. The van der Waals surface area contributed by atoms with E-state index in [0.29, 0.717) is 6.04 Å². The first-order valence-electron chi connectivity index (χ1n) is 5.39. The van der Waals surface area contributed by atoms with Crippen LogP contribution in [0.4, 0.5) is 0 Å². The highest BCUT2D eigenvalue weighted by molar-refractivity contribution is 5.27. The van der Waals surface area contributed by atoms with Crippen molar-refractivity contribution in [3.63, 3.8) is 0 Å². The van der Waals surface area contributed by atoms with E-state index in [2.05, 4.69) is 24.5 Å². The Morgan fingerprint density at radius 3 is 2.47 bits per heavy atom. The molecule has 0 heterocycles. The predicted octanol–water partition coefficient (Wildman–Crippen LogP) is 1.87. The minimum atomic E-state index is 0.409. The van der Waals surface area contributed by atoms with Gasteiger partial charge in [-0.25, -0.2) is 0 Å². The van der Waals surface area contributed by atoms with Crippen LogP contribution >= 0.6 is 0 Å². The molecule has 0 aromatic heterocycles. The number of ether oxygens (including phenoxy) is 1. The molecule has 0 amide bonds. The number of nitrogens with two attached hydrogens (primary N) is 1. The summed E-state index contributed by atoms with van der Waals surface area (Å²) in [6, 6.07) is 8.59. The maximum Gasteiger partial charge on any atom is 0.118 e. The van der Waals surface area contributed by atoms with Crippen molar-refractivity contribution in [1.29, 1.82) is 0 Å². The lowest BCUT2D eigenvalue weighted by molar-refractivity contribution is 0.414. The number of benzene rings is 1. The largest absolute Gasteiger partial charge is 0.497 e. The number of aryl methyl sites for hydroxylation is 1. The van der Waals surface area contributed by atoms with Gasteiger partial charge in [0.05, 0.1) is 7.11 Å². The van der Waals surface area contributed by atoms with Gasteiger partial charge < -0.3 is 4.74 Å². The van der Waals surface area contributed by atoms with Gasteiger partial charge in [-0.3, -0.25) is 11.3 Å². The Kier molecular flexibility index (Phi) is 5.15. The van der Waals surface area contributed by atoms with E-state index in [-0.39, 0.29) is 0 Å². The van der Waals surface area contributed by atoms with E-state index in [1.54, 1.807) is 7.11 Å². The molecule has 0 saturated heterocycles. The van der Waals surface area contributed by atoms with Gasteiger partial charge >= 0.3 is 0 Å². The molecule has 1 aromatic carbocycles. The number of hydrazine groups is 1. The zero-order valence-electron chi connectivity index (χ0n) is 9.49. The summed E-state index contributed by atoms with van der Waals surface area (Å²) in [7, 11) is 1.68. The fourth-order valence-electron chi connectivity index (χ4n) is 1.54. The fourth-order valence-corrected chi connectivity index (χ4v) is 1.54. The molecule has 0 spiro atoms. The van der Waals surface area contributed by atoms with Crippen molar-refractivity contribution in [1.82, 2.24) is 5.43 Å². The second-order valence-corrected chi connectivity index (χ2v) is 3.66. The summed E-state index contributed by atoms with van der Waals surface area (Å²) in [5.41, 5.74) is 4.14. The molecule has 3 heteroatoms. The summed E-state index contributed by atoms with van der Waals surface area (Å²) in [6.45, 7) is 2.14. The lowest BCUT2D eigenvalue weighted by atomic mass is 10.0. The molecule has 0 bridgehead atoms. The zero-order valence-corrected chi connectivity index (χ0v) is 9.49. The van der Waals surface area contributed by atoms with Crippen molar-refractivity contribution in [3.05, 3.63) is 29.8 Å². The van der Waals surface area contributed by atoms with Crippen LogP contribution in [-0.2, 0) is 6.42 Å². The number of hydrogen-bond donors (Lipinski definition) is 2. The maximum absolute atomic E-state index is 5.42. The van der Waals surface area contributed by atoms with Crippen molar-refractivity contribution in [3.8, 4) is 5.75 Å². The summed E-state index contributed by atoms with van der Waals surface area (Å²) < 4.78 is 5.10. The first kappa shape index (κ1) is 12.0. The van der Waals surface area contributed by atoms with Crippen LogP contribution in [0.2, 0.25) is 0 Å². The highest BCUT2D eigenvalue weighted by atomic mass is 16.5. The minimum Gasteiger partial charge on any atom is -0.497 e. The molecule has 0 saturated carbocycles. The van der Waals surface area contributed by atoms with E-state index in [0.717, 1.165) is 25.0 Å². The smallest absolute Gasteiger partial charge is 0.118 e. The Hall–Kier alpha value is -1.06. The van der Waals surface area contributed by atoms with Gasteiger partial charge in [-0.2, -0.15) is 0 Å². The van der Waals surface area contributed by atoms with Crippen LogP contribution in [0.25, 0.3) is 0 Å². The number of nitrogens with one attached hydrogen (secondary N) is 1. The fraction of sp³-hybridized carbons (Fsp3) is 0.500. The molecule has 0 fully saturated rings. The van der Waals surface area contributed by atoms with E-state index in [9.17, 15) is 0 Å². The van der Waals surface area contributed by atoms with Crippen molar-refractivity contribution >= 4 is 0 Å². The molecule has 15 heavy (non-hydrogen) atoms. The van der Waals surface area contributed by atoms with Crippen LogP contribution in [0, 0.1) is 0 Å². The third-order valence-electron chi connectivity index (χ3n) is 2.67. The highest BCUT2D eigenvalue weighted by Crippen LogP contribution is 2.13. The molecule has 1 aromatic rings. The van der Waals surface area contributed by atoms with E-state index >= 15 is 0 Å². The monoisotopic (exact) mass is 208 g/mol. The van der Waals surface area contributed by atoms with Gasteiger partial charge in [-0.1, -0.05) is 19.1 Å². The molecular formula is C12H20N2O. The van der Waals surface area contributed by atoms with Crippen LogP contribution in [0.1, 0.15) is 25.3 Å². The molecule has 1 atom stereocenters. The molecule has 1 rings (SSSR count). The lowest BCUT2D eigenvalue weighted by Crippen LogP contribution is -2.34. The van der Waals surface area contributed by atoms with Gasteiger partial charge in [-0.15, -0.1) is 0 Å². The van der Waals surface area contributed by atoms with Gasteiger partial charge in [0.2, 0.25) is 0 Å². The van der Waals surface area contributed by atoms with Crippen LogP contribution in [-0.4, -0.2) is 13.2 Å². The van der Waals surface area contributed by atoms with Gasteiger partial charge in [0.1, 0.15) is 5.75 Å². The number of methoxy groups -OCH3 is 1. The molecule has 1 unspecified atom stereocenters. The Labute approximate surface area is 91.6 Å². The van der Waals surface area contributed by atoms with Crippen molar-refractivity contribution < 1.29 is 4.74 Å². The summed E-state index contributed by atoms with van der Waals surface area (Å²) in [6.07, 6.45) is 3.18. The Morgan fingerprint density at radius 2 is 2.00 bits per heavy atom. The Morgan fingerprint density at radius 1 is 1.33 bits per heavy atom. The normalized spacial score (nSPS) is 12.5. The van der Waals surface area contributed by atoms with Crippen molar-refractivity contribution in [2.24, 2.45) is 5.84 Å². The Balaban J connectivity index is 2.43. The lowest BCUT2D eigenvalue weighted by Gasteiger charge is -2.13. The van der Waals surface area contributed by atoms with E-state index in [1.807, 2.05) is 12.1 Å². The van der Waals surface area contributed by atoms with Crippen LogP contribution in [0.15, 0.2) is 24.3 Å². The molecule has 3 N–H and O–H groups in total. The van der Waals surface area contributed by atoms with E-state index < -0.39 is 0 Å². The quantitative estimate of drug-likeness (QED) is 0.554. The predicted molar refractivity (Wildman–Crippen MR) is 62.7 cm³/mol. The summed E-state index contributed by atoms with van der Waals surface area (Å²) in [5.74, 6) is 6.33. The average molecular weight is 208 g/mol. The third kappa shape index (κ3) is 3.90. The van der Waals surface area contributed by atoms with Gasteiger partial charge in [-0.05, 0) is 37.0 Å². The topological polar surface area (TPSA) is 47.3 Å². The first-order valence-corrected chi connectivity index (χ1v) is 5.39. The van der Waals surface area contributed by atoms with Crippen LogP contribution < -0.4 is 16.0 Å². The molecule has 84 valence electrons. The summed E-state index contributed by atoms with van der Waals surface area (Å²) in [4.78, 5) is 0. The molecule has 0 aliphatic heterocycles. The van der Waals surface area contributed by atoms with Gasteiger partial charge in [0.25, 0.3) is 0 Å². The number of hydrogen-bond acceptors (Lipinski definition) is 3. The van der Waals surface area contributed by atoms with E-state index in [4.69, 9.17) is 10.6 Å². The maximum atomic E-state index is 5.42.